The van der Waals surface area contributed by atoms with E-state index in [0.717, 1.165) is 6.92 Å². The third-order valence-corrected chi connectivity index (χ3v) is 4.01. The van der Waals surface area contributed by atoms with Crippen molar-refractivity contribution in [2.75, 3.05) is 19.8 Å². The molecule has 0 radical (unpaired) electrons. The number of carbonyl (C=O) groups is 1. The zero-order chi connectivity index (χ0) is 20.0. The van der Waals surface area contributed by atoms with Crippen LogP contribution >= 0.6 is 0 Å². The molecule has 1 saturated heterocycles. The Balaban J connectivity index is 2.75. The molecule has 0 aromatic rings. The molecule has 0 aliphatic carbocycles. The Kier molecular flexibility index (Phi) is 9.26. The lowest BCUT2D eigenvalue weighted by molar-refractivity contribution is -0.277. The summed E-state index contributed by atoms with van der Waals surface area (Å²) >= 11 is 0. The van der Waals surface area contributed by atoms with Gasteiger partial charge < -0.3 is 55.6 Å². The number of hydrogen-bond donors (Lipinski definition) is 9. The highest BCUT2D eigenvalue weighted by Gasteiger charge is 2.45. The minimum absolute atomic E-state index is 0.567. The number of aliphatic hydroxyl groups excluding tert-OH is 8. The van der Waals surface area contributed by atoms with Crippen molar-refractivity contribution in [3.05, 3.63) is 0 Å². The lowest BCUT2D eigenvalue weighted by Crippen LogP contribution is -2.65. The maximum absolute atomic E-state index is 11.3. The monoisotopic (exact) mass is 385 g/mol. The summed E-state index contributed by atoms with van der Waals surface area (Å²) in [5.74, 6) is -0.567. The molecule has 1 rings (SSSR count). The van der Waals surface area contributed by atoms with Crippen LogP contribution in [0.15, 0.2) is 0 Å². The van der Waals surface area contributed by atoms with E-state index in [9.17, 15) is 40.5 Å². The molecule has 12 nitrogen and oxygen atoms in total. The lowest BCUT2D eigenvalue weighted by atomic mass is 9.97. The first kappa shape index (κ1) is 23.1. The number of ether oxygens (including phenoxy) is 2. The average molecular weight is 385 g/mol. The second-order valence-corrected chi connectivity index (χ2v) is 6.06. The first-order valence-electron chi connectivity index (χ1n) is 7.98. The quantitative estimate of drug-likeness (QED) is 0.183. The first-order valence-corrected chi connectivity index (χ1v) is 7.98. The van der Waals surface area contributed by atoms with E-state index in [1.165, 1.54) is 0 Å². The summed E-state index contributed by atoms with van der Waals surface area (Å²) < 4.78 is 10.5. The Morgan fingerprint density at radius 2 is 1.65 bits per heavy atom. The molecule has 12 heteroatoms. The second kappa shape index (κ2) is 10.4. The standard InChI is InChI=1S/C14H27NO11/c1-5(18)15-9-13(24)12(23)8(3-17)26-14(9)25-4-7(20)11(22)10(21)6(19)2-16/h6-14,16-17,19-24H,2-4H2,1H3,(H,15,18)/t6-,7+,8+,9+,10+,11-,12+,13+,14+/m0/s1. The SMILES string of the molecule is CC(=O)N[C@H]1[C@H](OC[C@@H](O)[C@H](O)[C@H](O)[C@@H](O)CO)O[C@H](CO)[C@@H](O)[C@@H]1O. The van der Waals surface area contributed by atoms with Crippen molar-refractivity contribution in [3.63, 3.8) is 0 Å². The van der Waals surface area contributed by atoms with Gasteiger partial charge in [0.05, 0.1) is 19.8 Å². The van der Waals surface area contributed by atoms with Crippen LogP contribution in [0.25, 0.3) is 0 Å². The molecule has 9 N–H and O–H groups in total. The summed E-state index contributed by atoms with van der Waals surface area (Å²) in [6.07, 6.45) is -12.8. The van der Waals surface area contributed by atoms with Crippen molar-refractivity contribution in [1.29, 1.82) is 0 Å². The van der Waals surface area contributed by atoms with Crippen LogP contribution < -0.4 is 5.32 Å². The Morgan fingerprint density at radius 3 is 2.15 bits per heavy atom. The molecule has 0 unspecified atom stereocenters. The lowest BCUT2D eigenvalue weighted by Gasteiger charge is -2.42. The smallest absolute Gasteiger partial charge is 0.217 e. The van der Waals surface area contributed by atoms with E-state index in [-0.39, 0.29) is 0 Å². The molecule has 0 spiro atoms. The van der Waals surface area contributed by atoms with Gasteiger partial charge in [0.25, 0.3) is 0 Å². The van der Waals surface area contributed by atoms with Crippen LogP contribution in [0, 0.1) is 0 Å². The fourth-order valence-corrected chi connectivity index (χ4v) is 2.47. The van der Waals surface area contributed by atoms with Crippen molar-refractivity contribution < 1.29 is 55.1 Å². The molecule has 9 atom stereocenters. The van der Waals surface area contributed by atoms with Crippen LogP contribution in [-0.2, 0) is 14.3 Å². The molecule has 26 heavy (non-hydrogen) atoms. The summed E-state index contributed by atoms with van der Waals surface area (Å²) in [5.41, 5.74) is 0. The number of aliphatic hydroxyl groups is 8. The summed E-state index contributed by atoms with van der Waals surface area (Å²) in [7, 11) is 0. The van der Waals surface area contributed by atoms with Crippen LogP contribution in [0.5, 0.6) is 0 Å². The zero-order valence-electron chi connectivity index (χ0n) is 14.1. The van der Waals surface area contributed by atoms with Crippen LogP contribution in [0.1, 0.15) is 6.92 Å². The van der Waals surface area contributed by atoms with E-state index in [2.05, 4.69) is 5.32 Å². The second-order valence-electron chi connectivity index (χ2n) is 6.06. The first-order chi connectivity index (χ1) is 12.1. The fraction of sp³-hybridized carbons (Fsp3) is 0.929. The van der Waals surface area contributed by atoms with Gasteiger partial charge in [-0.25, -0.2) is 0 Å². The molecule has 1 amide bonds. The summed E-state index contributed by atoms with van der Waals surface area (Å²) in [4.78, 5) is 11.3. The van der Waals surface area contributed by atoms with Crippen molar-refractivity contribution >= 4 is 5.91 Å². The normalized spacial score (nSPS) is 34.0. The third-order valence-electron chi connectivity index (χ3n) is 4.01. The van der Waals surface area contributed by atoms with Gasteiger partial charge in [0.15, 0.2) is 6.29 Å². The largest absolute Gasteiger partial charge is 0.394 e. The number of carbonyl (C=O) groups excluding carboxylic acids is 1. The molecule has 0 bridgehead atoms. The van der Waals surface area contributed by atoms with Crippen LogP contribution in [0.4, 0.5) is 0 Å². The van der Waals surface area contributed by atoms with Crippen molar-refractivity contribution in [1.82, 2.24) is 5.32 Å². The Labute approximate surface area is 149 Å². The Hall–Kier alpha value is -0.930. The van der Waals surface area contributed by atoms with E-state index >= 15 is 0 Å². The van der Waals surface area contributed by atoms with Gasteiger partial charge in [0, 0.05) is 6.92 Å². The predicted octanol–water partition coefficient (Wildman–Crippen LogP) is -5.62. The molecule has 0 aromatic carbocycles. The van der Waals surface area contributed by atoms with Crippen LogP contribution in [-0.4, -0.2) is 122 Å². The van der Waals surface area contributed by atoms with Gasteiger partial charge in [-0.1, -0.05) is 0 Å². The number of amides is 1. The Bertz CT molecular complexity index is 439. The fourth-order valence-electron chi connectivity index (χ4n) is 2.47. The molecule has 1 aliphatic heterocycles. The van der Waals surface area contributed by atoms with Crippen molar-refractivity contribution in [2.24, 2.45) is 0 Å². The zero-order valence-corrected chi connectivity index (χ0v) is 14.1. The van der Waals surface area contributed by atoms with E-state index in [1.54, 1.807) is 0 Å². The van der Waals surface area contributed by atoms with E-state index < -0.39 is 80.8 Å². The molecule has 1 heterocycles. The van der Waals surface area contributed by atoms with E-state index in [0.29, 0.717) is 0 Å². The molecule has 1 aliphatic rings. The number of nitrogens with one attached hydrogen (secondary N) is 1. The summed E-state index contributed by atoms with van der Waals surface area (Å²) in [6.45, 7) is -1.00. The van der Waals surface area contributed by atoms with Gasteiger partial charge in [-0.15, -0.1) is 0 Å². The molecule has 154 valence electrons. The average Bonchev–Trinajstić information content (AvgIpc) is 2.62. The van der Waals surface area contributed by atoms with Gasteiger partial charge in [-0.05, 0) is 0 Å². The minimum Gasteiger partial charge on any atom is -0.394 e. The highest BCUT2D eigenvalue weighted by Crippen LogP contribution is 2.22. The molecular weight excluding hydrogens is 358 g/mol. The molecular formula is C14H27NO11. The van der Waals surface area contributed by atoms with Crippen LogP contribution in [0.2, 0.25) is 0 Å². The van der Waals surface area contributed by atoms with E-state index in [1.807, 2.05) is 0 Å². The highest BCUT2D eigenvalue weighted by molar-refractivity contribution is 5.73. The maximum Gasteiger partial charge on any atom is 0.217 e. The molecule has 0 aromatic heterocycles. The minimum atomic E-state index is -1.87. The van der Waals surface area contributed by atoms with Gasteiger partial charge in [0.2, 0.25) is 5.91 Å². The van der Waals surface area contributed by atoms with Gasteiger partial charge >= 0.3 is 0 Å². The van der Waals surface area contributed by atoms with E-state index in [4.69, 9.17) is 14.6 Å². The maximum atomic E-state index is 11.3. The van der Waals surface area contributed by atoms with Crippen LogP contribution in [0.3, 0.4) is 0 Å². The summed E-state index contributed by atoms with van der Waals surface area (Å²) in [5, 5.41) is 78.5. The topological polar surface area (TPSA) is 209 Å². The third kappa shape index (κ3) is 5.79. The van der Waals surface area contributed by atoms with Crippen molar-refractivity contribution in [2.45, 2.75) is 62.0 Å². The van der Waals surface area contributed by atoms with Gasteiger partial charge in [-0.3, -0.25) is 4.79 Å². The van der Waals surface area contributed by atoms with Gasteiger partial charge in [0.1, 0.15) is 48.8 Å². The highest BCUT2D eigenvalue weighted by atomic mass is 16.7. The summed E-state index contributed by atoms with van der Waals surface area (Å²) in [6, 6.07) is -1.23. The molecule has 1 fully saturated rings. The molecule has 0 saturated carbocycles. The number of hydrogen-bond acceptors (Lipinski definition) is 11. The Morgan fingerprint density at radius 1 is 1.08 bits per heavy atom. The van der Waals surface area contributed by atoms with Crippen molar-refractivity contribution in [3.8, 4) is 0 Å². The van der Waals surface area contributed by atoms with Gasteiger partial charge in [-0.2, -0.15) is 0 Å². The predicted molar refractivity (Wildman–Crippen MR) is 82.4 cm³/mol. The number of rotatable bonds is 9.